The van der Waals surface area contributed by atoms with Gasteiger partial charge in [-0.1, -0.05) is 20.8 Å². The molecule has 0 fully saturated rings. The van der Waals surface area contributed by atoms with E-state index in [4.69, 9.17) is 4.74 Å². The van der Waals surface area contributed by atoms with Gasteiger partial charge in [-0.3, -0.25) is 0 Å². The van der Waals surface area contributed by atoms with Crippen LogP contribution in [0.5, 0.6) is 0 Å². The summed E-state index contributed by atoms with van der Waals surface area (Å²) in [5.41, 5.74) is 0. The van der Waals surface area contributed by atoms with Crippen molar-refractivity contribution in [1.82, 2.24) is 5.32 Å². The fourth-order valence-electron chi connectivity index (χ4n) is 2.11. The smallest absolute Gasteiger partial charge is 0.147 e. The Bertz CT molecular complexity index is 288. The van der Waals surface area contributed by atoms with E-state index in [1.807, 2.05) is 0 Å². The van der Waals surface area contributed by atoms with Crippen molar-refractivity contribution in [3.63, 3.8) is 0 Å². The molecule has 0 heterocycles. The minimum absolute atomic E-state index is 0.134. The van der Waals surface area contributed by atoms with Gasteiger partial charge in [0, 0.05) is 25.2 Å². The molecule has 5 heteroatoms. The van der Waals surface area contributed by atoms with Crippen LogP contribution in [0.15, 0.2) is 0 Å². The largest absolute Gasteiger partial charge is 0.380 e. The molecule has 0 rings (SSSR count). The molecule has 0 aliphatic carbocycles. The summed E-state index contributed by atoms with van der Waals surface area (Å²) in [6.07, 6.45) is 2.93. The van der Waals surface area contributed by atoms with Crippen LogP contribution in [-0.4, -0.2) is 46.2 Å². The van der Waals surface area contributed by atoms with Gasteiger partial charge in [-0.15, -0.1) is 0 Å². The Morgan fingerprint density at radius 1 is 1.29 bits per heavy atom. The molecule has 0 spiro atoms. The molecule has 0 bridgehead atoms. The van der Waals surface area contributed by atoms with Crippen LogP contribution in [-0.2, 0) is 14.6 Å². The van der Waals surface area contributed by atoms with Gasteiger partial charge >= 0.3 is 0 Å². The number of sulfone groups is 1. The highest BCUT2D eigenvalue weighted by molar-refractivity contribution is 7.90. The summed E-state index contributed by atoms with van der Waals surface area (Å²) >= 11 is 0. The molecule has 0 aromatic rings. The monoisotopic (exact) mass is 265 g/mol. The summed E-state index contributed by atoms with van der Waals surface area (Å²) in [6.45, 7) is 7.16. The van der Waals surface area contributed by atoms with Crippen LogP contribution in [0.3, 0.4) is 0 Å². The zero-order valence-electron chi connectivity index (χ0n) is 11.7. The highest BCUT2D eigenvalue weighted by Crippen LogP contribution is 2.15. The second kappa shape index (κ2) is 8.06. The average Bonchev–Trinajstić information content (AvgIpc) is 2.16. The first-order valence-electron chi connectivity index (χ1n) is 6.25. The van der Waals surface area contributed by atoms with Crippen molar-refractivity contribution in [2.45, 2.75) is 45.8 Å². The first-order chi connectivity index (χ1) is 7.81. The number of likely N-dealkylation sites (N-methyl/N-ethyl adjacent to an activating group) is 1. The third kappa shape index (κ3) is 7.73. The van der Waals surface area contributed by atoms with Crippen molar-refractivity contribution in [2.75, 3.05) is 25.7 Å². The molecule has 1 N–H and O–H groups in total. The molecule has 0 amide bonds. The Morgan fingerprint density at radius 2 is 1.88 bits per heavy atom. The highest BCUT2D eigenvalue weighted by Gasteiger charge is 2.23. The van der Waals surface area contributed by atoms with Gasteiger partial charge in [-0.05, 0) is 25.3 Å². The Hall–Kier alpha value is -0.130. The third-order valence-corrected chi connectivity index (χ3v) is 3.85. The normalized spacial score (nSPS) is 16.1. The second-order valence-corrected chi connectivity index (χ2v) is 7.14. The summed E-state index contributed by atoms with van der Waals surface area (Å²) in [7, 11) is -1.14. The van der Waals surface area contributed by atoms with E-state index in [-0.39, 0.29) is 17.9 Å². The molecule has 0 aliphatic rings. The first-order valence-corrected chi connectivity index (χ1v) is 8.31. The zero-order valence-corrected chi connectivity index (χ0v) is 12.5. The molecular weight excluding hydrogens is 238 g/mol. The lowest BCUT2D eigenvalue weighted by atomic mass is 9.96. The van der Waals surface area contributed by atoms with E-state index in [9.17, 15) is 8.42 Å². The van der Waals surface area contributed by atoms with E-state index >= 15 is 0 Å². The molecule has 17 heavy (non-hydrogen) atoms. The standard InChI is InChI=1S/C12H27NO3S/c1-6-13-11(12(16-4)10(2)3)8-7-9-17(5,14)15/h10-13H,6-9H2,1-5H3. The molecular formula is C12H27NO3S. The number of nitrogens with one attached hydrogen (secondary N) is 1. The predicted octanol–water partition coefficient (Wildman–Crippen LogP) is 1.46. The quantitative estimate of drug-likeness (QED) is 0.686. The van der Waals surface area contributed by atoms with Gasteiger partial charge in [0.15, 0.2) is 0 Å². The van der Waals surface area contributed by atoms with Gasteiger partial charge in [-0.25, -0.2) is 8.42 Å². The zero-order chi connectivity index (χ0) is 13.5. The first kappa shape index (κ1) is 16.9. The molecule has 2 atom stereocenters. The average molecular weight is 265 g/mol. The van der Waals surface area contributed by atoms with E-state index in [0.717, 1.165) is 13.0 Å². The van der Waals surface area contributed by atoms with Crippen LogP contribution in [0.25, 0.3) is 0 Å². The van der Waals surface area contributed by atoms with Crippen LogP contribution in [0, 0.1) is 5.92 Å². The Labute approximate surface area is 106 Å². The van der Waals surface area contributed by atoms with E-state index in [0.29, 0.717) is 12.3 Å². The maximum absolute atomic E-state index is 11.1. The Kier molecular flexibility index (Phi) is 8.00. The minimum atomic E-state index is -2.86. The van der Waals surface area contributed by atoms with Crippen LogP contribution in [0.4, 0.5) is 0 Å². The molecule has 0 radical (unpaired) electrons. The van der Waals surface area contributed by atoms with Gasteiger partial charge in [0.25, 0.3) is 0 Å². The molecule has 104 valence electrons. The summed E-state index contributed by atoms with van der Waals surface area (Å²) in [4.78, 5) is 0. The number of hydrogen-bond donors (Lipinski definition) is 1. The SMILES string of the molecule is CCNC(CCCS(C)(=O)=O)C(OC)C(C)C. The van der Waals surface area contributed by atoms with Crippen molar-refractivity contribution >= 4 is 9.84 Å². The molecule has 0 aliphatic heterocycles. The van der Waals surface area contributed by atoms with Gasteiger partial charge in [0.2, 0.25) is 0 Å². The molecule has 0 saturated carbocycles. The Morgan fingerprint density at radius 3 is 2.24 bits per heavy atom. The fraction of sp³-hybridized carbons (Fsp3) is 1.00. The summed E-state index contributed by atoms with van der Waals surface area (Å²) < 4.78 is 27.7. The number of hydrogen-bond acceptors (Lipinski definition) is 4. The molecule has 0 saturated heterocycles. The molecule has 0 aromatic carbocycles. The van der Waals surface area contributed by atoms with Gasteiger partial charge in [0.1, 0.15) is 9.84 Å². The molecule has 0 aromatic heterocycles. The fourth-order valence-corrected chi connectivity index (χ4v) is 2.80. The lowest BCUT2D eigenvalue weighted by Gasteiger charge is -2.29. The number of rotatable bonds is 9. The van der Waals surface area contributed by atoms with E-state index in [2.05, 4.69) is 26.1 Å². The van der Waals surface area contributed by atoms with E-state index in [1.165, 1.54) is 6.26 Å². The van der Waals surface area contributed by atoms with Crippen molar-refractivity contribution in [3.05, 3.63) is 0 Å². The second-order valence-electron chi connectivity index (χ2n) is 4.88. The van der Waals surface area contributed by atoms with Crippen LogP contribution in [0.2, 0.25) is 0 Å². The van der Waals surface area contributed by atoms with Crippen LogP contribution >= 0.6 is 0 Å². The van der Waals surface area contributed by atoms with E-state index in [1.54, 1.807) is 7.11 Å². The van der Waals surface area contributed by atoms with Crippen LogP contribution < -0.4 is 5.32 Å². The van der Waals surface area contributed by atoms with Crippen LogP contribution in [0.1, 0.15) is 33.6 Å². The van der Waals surface area contributed by atoms with Crippen molar-refractivity contribution in [2.24, 2.45) is 5.92 Å². The summed E-state index contributed by atoms with van der Waals surface area (Å²) in [5, 5.41) is 3.38. The van der Waals surface area contributed by atoms with E-state index < -0.39 is 9.84 Å². The molecule has 4 nitrogen and oxygen atoms in total. The number of ether oxygens (including phenoxy) is 1. The summed E-state index contributed by atoms with van der Waals surface area (Å²) in [6, 6.07) is 0.228. The Balaban J connectivity index is 4.31. The third-order valence-electron chi connectivity index (χ3n) is 2.82. The lowest BCUT2D eigenvalue weighted by Crippen LogP contribution is -2.43. The van der Waals surface area contributed by atoms with Crippen molar-refractivity contribution in [3.8, 4) is 0 Å². The van der Waals surface area contributed by atoms with Gasteiger partial charge in [-0.2, -0.15) is 0 Å². The lowest BCUT2D eigenvalue weighted by molar-refractivity contribution is 0.0310. The number of methoxy groups -OCH3 is 1. The predicted molar refractivity (Wildman–Crippen MR) is 72.0 cm³/mol. The van der Waals surface area contributed by atoms with Crippen molar-refractivity contribution in [1.29, 1.82) is 0 Å². The maximum Gasteiger partial charge on any atom is 0.147 e. The topological polar surface area (TPSA) is 55.4 Å². The van der Waals surface area contributed by atoms with Gasteiger partial charge in [0.05, 0.1) is 6.10 Å². The maximum atomic E-state index is 11.1. The highest BCUT2D eigenvalue weighted by atomic mass is 32.2. The summed E-state index contributed by atoms with van der Waals surface area (Å²) in [5.74, 6) is 0.672. The molecule has 2 unspecified atom stereocenters. The minimum Gasteiger partial charge on any atom is -0.380 e. The van der Waals surface area contributed by atoms with Gasteiger partial charge < -0.3 is 10.1 Å². The van der Waals surface area contributed by atoms with Crippen molar-refractivity contribution < 1.29 is 13.2 Å².